The van der Waals surface area contributed by atoms with Crippen molar-refractivity contribution in [1.82, 2.24) is 4.90 Å². The van der Waals surface area contributed by atoms with Gasteiger partial charge in [-0.2, -0.15) is 11.8 Å². The van der Waals surface area contributed by atoms with Gasteiger partial charge in [0.25, 0.3) is 0 Å². The molecule has 1 saturated heterocycles. The Hall–Kier alpha value is 0.270. The predicted octanol–water partition coefficient (Wildman–Crippen LogP) is 0.806. The molecule has 1 atom stereocenters. The van der Waals surface area contributed by atoms with E-state index < -0.39 is 0 Å². The molecular formula is C8H17NOS. The molecule has 0 aromatic rings. The van der Waals surface area contributed by atoms with Crippen LogP contribution in [0.5, 0.6) is 0 Å². The molecule has 11 heavy (non-hydrogen) atoms. The maximum atomic E-state index is 8.73. The third-order valence-electron chi connectivity index (χ3n) is 2.09. The first-order chi connectivity index (χ1) is 5.36. The highest BCUT2D eigenvalue weighted by atomic mass is 32.2. The summed E-state index contributed by atoms with van der Waals surface area (Å²) in [5, 5.41) is 9.53. The van der Waals surface area contributed by atoms with Gasteiger partial charge >= 0.3 is 0 Å². The molecule has 0 amide bonds. The Bertz CT molecular complexity index is 108. The monoisotopic (exact) mass is 175 g/mol. The molecule has 1 heterocycles. The molecule has 0 saturated carbocycles. The molecule has 0 bridgehead atoms. The highest BCUT2D eigenvalue weighted by molar-refractivity contribution is 8.00. The van der Waals surface area contributed by atoms with Crippen LogP contribution in [0.15, 0.2) is 0 Å². The number of β-amino-alcohol motifs (C(OH)–C–C–N with tert-alkyl or cyclic N) is 1. The lowest BCUT2D eigenvalue weighted by Gasteiger charge is -2.31. The maximum absolute atomic E-state index is 8.73. The van der Waals surface area contributed by atoms with Gasteiger partial charge in [-0.15, -0.1) is 0 Å². The average Bonchev–Trinajstić information content (AvgIpc) is 2.06. The van der Waals surface area contributed by atoms with Gasteiger partial charge in [0.15, 0.2) is 0 Å². The molecule has 0 aliphatic carbocycles. The lowest BCUT2D eigenvalue weighted by atomic mass is 10.3. The lowest BCUT2D eigenvalue weighted by Crippen LogP contribution is -2.39. The Balaban J connectivity index is 2.21. The summed E-state index contributed by atoms with van der Waals surface area (Å²) in [6, 6.07) is 0. The van der Waals surface area contributed by atoms with E-state index in [2.05, 4.69) is 23.6 Å². The topological polar surface area (TPSA) is 23.5 Å². The van der Waals surface area contributed by atoms with Crippen molar-refractivity contribution in [2.24, 2.45) is 0 Å². The molecule has 1 aliphatic heterocycles. The average molecular weight is 175 g/mol. The first-order valence-electron chi connectivity index (χ1n) is 4.31. The Morgan fingerprint density at radius 3 is 3.09 bits per heavy atom. The number of aliphatic hydroxyl groups is 1. The molecule has 1 rings (SSSR count). The van der Waals surface area contributed by atoms with Crippen molar-refractivity contribution < 1.29 is 5.11 Å². The summed E-state index contributed by atoms with van der Waals surface area (Å²) in [5.41, 5.74) is 0. The number of thioether (sulfide) groups is 1. The fourth-order valence-electron chi connectivity index (χ4n) is 1.37. The SMILES string of the molecule is CCC1CN(CCO)CCS1. The van der Waals surface area contributed by atoms with Gasteiger partial charge in [0.05, 0.1) is 6.61 Å². The van der Waals surface area contributed by atoms with Crippen molar-refractivity contribution in [1.29, 1.82) is 0 Å². The molecule has 3 heteroatoms. The van der Waals surface area contributed by atoms with Crippen molar-refractivity contribution in [3.05, 3.63) is 0 Å². The molecule has 0 aromatic heterocycles. The Kier molecular flexibility index (Phi) is 4.26. The summed E-state index contributed by atoms with van der Waals surface area (Å²) in [7, 11) is 0. The minimum Gasteiger partial charge on any atom is -0.395 e. The van der Waals surface area contributed by atoms with Crippen molar-refractivity contribution in [2.75, 3.05) is 32.0 Å². The molecule has 2 nitrogen and oxygen atoms in total. The standard InChI is InChI=1S/C8H17NOS/c1-2-8-7-9(3-5-10)4-6-11-8/h8,10H,2-7H2,1H3. The number of nitrogens with zero attached hydrogens (tertiary/aromatic N) is 1. The van der Waals surface area contributed by atoms with Crippen LogP contribution in [0.1, 0.15) is 13.3 Å². The third kappa shape index (κ3) is 3.01. The van der Waals surface area contributed by atoms with E-state index in [0.717, 1.165) is 18.3 Å². The van der Waals surface area contributed by atoms with Crippen molar-refractivity contribution >= 4 is 11.8 Å². The second kappa shape index (κ2) is 5.01. The summed E-state index contributed by atoms with van der Waals surface area (Å²) in [6.07, 6.45) is 1.26. The number of rotatable bonds is 3. The Labute approximate surface area is 73.0 Å². The molecule has 1 N–H and O–H groups in total. The number of aliphatic hydroxyl groups excluding tert-OH is 1. The molecule has 0 radical (unpaired) electrons. The fourth-order valence-corrected chi connectivity index (χ4v) is 2.62. The Morgan fingerprint density at radius 1 is 1.64 bits per heavy atom. The van der Waals surface area contributed by atoms with Crippen LogP contribution < -0.4 is 0 Å². The van der Waals surface area contributed by atoms with Gasteiger partial charge in [-0.25, -0.2) is 0 Å². The first-order valence-corrected chi connectivity index (χ1v) is 5.36. The van der Waals surface area contributed by atoms with Crippen molar-refractivity contribution in [3.8, 4) is 0 Å². The zero-order chi connectivity index (χ0) is 8.10. The van der Waals surface area contributed by atoms with Crippen LogP contribution >= 0.6 is 11.8 Å². The van der Waals surface area contributed by atoms with Crippen LogP contribution in [-0.2, 0) is 0 Å². The molecule has 0 spiro atoms. The van der Waals surface area contributed by atoms with E-state index >= 15 is 0 Å². The smallest absolute Gasteiger partial charge is 0.0558 e. The maximum Gasteiger partial charge on any atom is 0.0558 e. The fraction of sp³-hybridized carbons (Fsp3) is 1.00. The summed E-state index contributed by atoms with van der Waals surface area (Å²) in [4.78, 5) is 2.35. The van der Waals surface area contributed by atoms with Gasteiger partial charge in [-0.3, -0.25) is 4.90 Å². The van der Waals surface area contributed by atoms with Gasteiger partial charge in [0, 0.05) is 30.6 Å². The Morgan fingerprint density at radius 2 is 2.45 bits per heavy atom. The zero-order valence-corrected chi connectivity index (χ0v) is 7.94. The molecule has 1 aliphatic rings. The molecule has 1 fully saturated rings. The van der Waals surface area contributed by atoms with E-state index in [-0.39, 0.29) is 0 Å². The summed E-state index contributed by atoms with van der Waals surface area (Å²) in [6.45, 7) is 5.72. The van der Waals surface area contributed by atoms with Gasteiger partial charge in [0.1, 0.15) is 0 Å². The largest absolute Gasteiger partial charge is 0.395 e. The predicted molar refractivity (Wildman–Crippen MR) is 50.1 cm³/mol. The molecular weight excluding hydrogens is 158 g/mol. The molecule has 0 aromatic carbocycles. The van der Waals surface area contributed by atoms with E-state index in [4.69, 9.17) is 5.11 Å². The van der Waals surface area contributed by atoms with Gasteiger partial charge < -0.3 is 5.11 Å². The van der Waals surface area contributed by atoms with Crippen LogP contribution in [0.25, 0.3) is 0 Å². The highest BCUT2D eigenvalue weighted by Crippen LogP contribution is 2.20. The van der Waals surface area contributed by atoms with Gasteiger partial charge in [-0.1, -0.05) is 6.92 Å². The second-order valence-corrected chi connectivity index (χ2v) is 4.33. The van der Waals surface area contributed by atoms with E-state index in [1.807, 2.05) is 0 Å². The zero-order valence-electron chi connectivity index (χ0n) is 7.12. The molecule has 1 unspecified atom stereocenters. The van der Waals surface area contributed by atoms with Gasteiger partial charge in [-0.05, 0) is 6.42 Å². The van der Waals surface area contributed by atoms with E-state index in [0.29, 0.717) is 6.61 Å². The summed E-state index contributed by atoms with van der Waals surface area (Å²) < 4.78 is 0. The number of hydrogen-bond acceptors (Lipinski definition) is 3. The minimum atomic E-state index is 0.307. The number of hydrogen-bond donors (Lipinski definition) is 1. The lowest BCUT2D eigenvalue weighted by molar-refractivity contribution is 0.199. The van der Waals surface area contributed by atoms with E-state index in [9.17, 15) is 0 Å². The van der Waals surface area contributed by atoms with Crippen LogP contribution in [0.4, 0.5) is 0 Å². The van der Waals surface area contributed by atoms with E-state index in [1.165, 1.54) is 18.7 Å². The van der Waals surface area contributed by atoms with Crippen molar-refractivity contribution in [3.63, 3.8) is 0 Å². The highest BCUT2D eigenvalue weighted by Gasteiger charge is 2.17. The van der Waals surface area contributed by atoms with Crippen LogP contribution in [-0.4, -0.2) is 47.3 Å². The second-order valence-electron chi connectivity index (χ2n) is 2.93. The van der Waals surface area contributed by atoms with Crippen LogP contribution in [0.2, 0.25) is 0 Å². The van der Waals surface area contributed by atoms with Gasteiger partial charge in [0.2, 0.25) is 0 Å². The van der Waals surface area contributed by atoms with Crippen molar-refractivity contribution in [2.45, 2.75) is 18.6 Å². The quantitative estimate of drug-likeness (QED) is 0.686. The summed E-state index contributed by atoms with van der Waals surface area (Å²) in [5.74, 6) is 1.23. The van der Waals surface area contributed by atoms with Crippen LogP contribution in [0.3, 0.4) is 0 Å². The third-order valence-corrected chi connectivity index (χ3v) is 3.47. The normalized spacial score (nSPS) is 27.3. The summed E-state index contributed by atoms with van der Waals surface area (Å²) >= 11 is 2.07. The molecule has 66 valence electrons. The van der Waals surface area contributed by atoms with E-state index in [1.54, 1.807) is 0 Å². The first kappa shape index (κ1) is 9.36. The minimum absolute atomic E-state index is 0.307. The van der Waals surface area contributed by atoms with Crippen LogP contribution in [0, 0.1) is 0 Å².